The van der Waals surface area contributed by atoms with Gasteiger partial charge in [0.15, 0.2) is 12.1 Å². The predicted octanol–water partition coefficient (Wildman–Crippen LogP) is 3.49. The van der Waals surface area contributed by atoms with E-state index in [1.54, 1.807) is 11.3 Å². The maximum absolute atomic E-state index is 12.1. The Bertz CT molecular complexity index is 615. The molecule has 1 aliphatic rings. The normalized spacial score (nSPS) is 16.1. The Labute approximate surface area is 121 Å². The summed E-state index contributed by atoms with van der Waals surface area (Å²) in [6, 6.07) is 0. The average Bonchev–Trinajstić information content (AvgIpc) is 3.00. The number of ether oxygens (including phenoxy) is 1. The van der Waals surface area contributed by atoms with Gasteiger partial charge in [0.05, 0.1) is 10.7 Å². The lowest BCUT2D eigenvalue weighted by Crippen LogP contribution is -2.11. The van der Waals surface area contributed by atoms with E-state index in [9.17, 15) is 4.79 Å². The molecule has 0 aliphatic heterocycles. The lowest BCUT2D eigenvalue weighted by atomic mass is 10.2. The molecule has 0 saturated heterocycles. The van der Waals surface area contributed by atoms with E-state index in [1.807, 2.05) is 19.2 Å². The van der Waals surface area contributed by atoms with E-state index in [0.29, 0.717) is 18.1 Å². The molecule has 2 aromatic rings. The lowest BCUT2D eigenvalue weighted by Gasteiger charge is -2.10. The first kappa shape index (κ1) is 13.3. The van der Waals surface area contributed by atoms with Gasteiger partial charge in [-0.3, -0.25) is 0 Å². The van der Waals surface area contributed by atoms with Crippen molar-refractivity contribution in [3.8, 4) is 0 Å². The second-order valence-electron chi connectivity index (χ2n) is 4.91. The Kier molecular flexibility index (Phi) is 3.56. The highest BCUT2D eigenvalue weighted by molar-refractivity contribution is 7.09. The van der Waals surface area contributed by atoms with Gasteiger partial charge in [-0.1, -0.05) is 6.92 Å². The molecule has 1 saturated carbocycles. The van der Waals surface area contributed by atoms with Crippen LogP contribution in [-0.2, 0) is 11.2 Å². The number of rotatable bonds is 5. The van der Waals surface area contributed by atoms with Crippen LogP contribution in [0.4, 0.5) is 0 Å². The number of thiazole rings is 1. The van der Waals surface area contributed by atoms with Gasteiger partial charge in [-0.2, -0.15) is 0 Å². The summed E-state index contributed by atoms with van der Waals surface area (Å²) in [7, 11) is 0. The van der Waals surface area contributed by atoms with E-state index in [0.717, 1.165) is 10.7 Å². The van der Waals surface area contributed by atoms with E-state index in [2.05, 4.69) is 9.97 Å². The zero-order chi connectivity index (χ0) is 14.1. The Morgan fingerprint density at radius 2 is 2.40 bits per heavy atom. The SMILES string of the molecule is CCc1ocnc1C(=O)OC(C)c1csc(C2CC2)n1. The van der Waals surface area contributed by atoms with Crippen molar-refractivity contribution in [1.82, 2.24) is 9.97 Å². The summed E-state index contributed by atoms with van der Waals surface area (Å²) in [5, 5.41) is 3.12. The number of aryl methyl sites for hydroxylation is 1. The third kappa shape index (κ3) is 2.60. The molecule has 6 heteroatoms. The third-order valence-corrected chi connectivity index (χ3v) is 4.35. The maximum Gasteiger partial charge on any atom is 0.361 e. The van der Waals surface area contributed by atoms with Crippen molar-refractivity contribution >= 4 is 17.3 Å². The minimum Gasteiger partial charge on any atom is -0.451 e. The van der Waals surface area contributed by atoms with Gasteiger partial charge in [-0.05, 0) is 19.8 Å². The van der Waals surface area contributed by atoms with Crippen molar-refractivity contribution in [3.05, 3.63) is 33.9 Å². The van der Waals surface area contributed by atoms with Crippen LogP contribution in [0, 0.1) is 0 Å². The van der Waals surface area contributed by atoms with E-state index < -0.39 is 5.97 Å². The monoisotopic (exact) mass is 292 g/mol. The number of hydrogen-bond donors (Lipinski definition) is 0. The van der Waals surface area contributed by atoms with Crippen LogP contribution in [-0.4, -0.2) is 15.9 Å². The summed E-state index contributed by atoms with van der Waals surface area (Å²) in [6.45, 7) is 3.73. The molecular weight excluding hydrogens is 276 g/mol. The number of nitrogens with zero attached hydrogens (tertiary/aromatic N) is 2. The highest BCUT2D eigenvalue weighted by Crippen LogP contribution is 2.42. The molecule has 0 amide bonds. The third-order valence-electron chi connectivity index (χ3n) is 3.32. The Morgan fingerprint density at radius 1 is 1.60 bits per heavy atom. The minimum absolute atomic E-state index is 0.261. The fourth-order valence-corrected chi connectivity index (χ4v) is 3.04. The Hall–Kier alpha value is -1.69. The summed E-state index contributed by atoms with van der Waals surface area (Å²) < 4.78 is 10.6. The molecule has 5 nitrogen and oxygen atoms in total. The first-order valence-electron chi connectivity index (χ1n) is 6.77. The molecule has 0 spiro atoms. The summed E-state index contributed by atoms with van der Waals surface area (Å²) in [4.78, 5) is 20.5. The molecule has 0 aromatic carbocycles. The van der Waals surface area contributed by atoms with E-state index in [1.165, 1.54) is 19.2 Å². The number of hydrogen-bond acceptors (Lipinski definition) is 6. The largest absolute Gasteiger partial charge is 0.451 e. The van der Waals surface area contributed by atoms with Crippen LogP contribution in [0.1, 0.15) is 65.7 Å². The van der Waals surface area contributed by atoms with Gasteiger partial charge in [-0.25, -0.2) is 14.8 Å². The Morgan fingerprint density at radius 3 is 3.10 bits per heavy atom. The molecule has 106 valence electrons. The summed E-state index contributed by atoms with van der Waals surface area (Å²) >= 11 is 1.64. The molecule has 3 rings (SSSR count). The van der Waals surface area contributed by atoms with E-state index in [4.69, 9.17) is 9.15 Å². The fraction of sp³-hybridized carbons (Fsp3) is 0.500. The second kappa shape index (κ2) is 5.36. The molecule has 1 unspecified atom stereocenters. The number of oxazole rings is 1. The van der Waals surface area contributed by atoms with Crippen LogP contribution in [0.3, 0.4) is 0 Å². The molecule has 0 radical (unpaired) electrons. The van der Waals surface area contributed by atoms with Gasteiger partial charge in [0.1, 0.15) is 11.9 Å². The highest BCUT2D eigenvalue weighted by Gasteiger charge is 2.28. The van der Waals surface area contributed by atoms with E-state index >= 15 is 0 Å². The molecule has 2 heterocycles. The standard InChI is InChI=1S/C14H16N2O3S/c1-3-11-12(15-7-18-11)14(17)19-8(2)10-6-20-13(16-10)9-4-5-9/h6-9H,3-5H2,1-2H3. The number of aromatic nitrogens is 2. The summed E-state index contributed by atoms with van der Waals surface area (Å²) in [5.74, 6) is 0.724. The van der Waals surface area contributed by atoms with Crippen LogP contribution < -0.4 is 0 Å². The fourth-order valence-electron chi connectivity index (χ4n) is 1.97. The van der Waals surface area contributed by atoms with Gasteiger partial charge in [0, 0.05) is 17.7 Å². The Balaban J connectivity index is 1.68. The molecule has 1 aliphatic carbocycles. The number of esters is 1. The van der Waals surface area contributed by atoms with Crippen molar-refractivity contribution < 1.29 is 13.9 Å². The number of carbonyl (C=O) groups is 1. The predicted molar refractivity (Wildman–Crippen MR) is 73.8 cm³/mol. The molecule has 2 aromatic heterocycles. The van der Waals surface area contributed by atoms with Gasteiger partial charge in [0.2, 0.25) is 0 Å². The number of carbonyl (C=O) groups excluding carboxylic acids is 1. The van der Waals surface area contributed by atoms with Gasteiger partial charge < -0.3 is 9.15 Å². The van der Waals surface area contributed by atoms with E-state index in [-0.39, 0.29) is 11.8 Å². The highest BCUT2D eigenvalue weighted by atomic mass is 32.1. The summed E-state index contributed by atoms with van der Waals surface area (Å²) in [6.07, 6.45) is 3.96. The van der Waals surface area contributed by atoms with Crippen molar-refractivity contribution in [2.45, 2.75) is 45.1 Å². The molecule has 20 heavy (non-hydrogen) atoms. The first-order chi connectivity index (χ1) is 9.69. The van der Waals surface area contributed by atoms with Gasteiger partial charge in [0.25, 0.3) is 0 Å². The van der Waals surface area contributed by atoms with Crippen molar-refractivity contribution in [1.29, 1.82) is 0 Å². The molecule has 1 fully saturated rings. The zero-order valence-corrected chi connectivity index (χ0v) is 12.3. The first-order valence-corrected chi connectivity index (χ1v) is 7.65. The summed E-state index contributed by atoms with van der Waals surface area (Å²) in [5.41, 5.74) is 1.07. The zero-order valence-electron chi connectivity index (χ0n) is 11.5. The maximum atomic E-state index is 12.1. The topological polar surface area (TPSA) is 65.2 Å². The van der Waals surface area contributed by atoms with Crippen molar-refractivity contribution in [2.75, 3.05) is 0 Å². The van der Waals surface area contributed by atoms with Gasteiger partial charge in [-0.15, -0.1) is 11.3 Å². The van der Waals surface area contributed by atoms with Crippen LogP contribution in [0.5, 0.6) is 0 Å². The molecular formula is C14H16N2O3S. The molecule has 1 atom stereocenters. The van der Waals surface area contributed by atoms with Gasteiger partial charge >= 0.3 is 5.97 Å². The average molecular weight is 292 g/mol. The van der Waals surface area contributed by atoms with Crippen molar-refractivity contribution in [2.24, 2.45) is 0 Å². The minimum atomic E-state index is -0.455. The lowest BCUT2D eigenvalue weighted by molar-refractivity contribution is 0.0321. The van der Waals surface area contributed by atoms with Crippen LogP contribution in [0.2, 0.25) is 0 Å². The van der Waals surface area contributed by atoms with Crippen LogP contribution >= 0.6 is 11.3 Å². The second-order valence-corrected chi connectivity index (χ2v) is 5.80. The van der Waals surface area contributed by atoms with Crippen LogP contribution in [0.15, 0.2) is 16.2 Å². The molecule has 0 bridgehead atoms. The quantitative estimate of drug-likeness (QED) is 0.789. The smallest absolute Gasteiger partial charge is 0.361 e. The molecule has 0 N–H and O–H groups in total. The van der Waals surface area contributed by atoms with Crippen molar-refractivity contribution in [3.63, 3.8) is 0 Å². The van der Waals surface area contributed by atoms with Crippen LogP contribution in [0.25, 0.3) is 0 Å².